The average Bonchev–Trinajstić information content (AvgIpc) is 2.74. The number of hydrogen-bond donors (Lipinski definition) is 7. The van der Waals surface area contributed by atoms with Crippen LogP contribution in [-0.4, -0.2) is 76.4 Å². The summed E-state index contributed by atoms with van der Waals surface area (Å²) >= 11 is 0. The molecule has 0 aromatic heterocycles. The topological polar surface area (TPSA) is 191 Å². The van der Waals surface area contributed by atoms with Gasteiger partial charge in [0.25, 0.3) is 0 Å². The van der Waals surface area contributed by atoms with E-state index < -0.39 is 67.0 Å². The van der Waals surface area contributed by atoms with Crippen LogP contribution in [0, 0.1) is 5.92 Å². The lowest BCUT2D eigenvalue weighted by Gasteiger charge is -2.26. The van der Waals surface area contributed by atoms with E-state index in [4.69, 9.17) is 10.8 Å². The van der Waals surface area contributed by atoms with Gasteiger partial charge in [-0.3, -0.25) is 14.4 Å². The van der Waals surface area contributed by atoms with Gasteiger partial charge in [0.2, 0.25) is 17.7 Å². The van der Waals surface area contributed by atoms with Gasteiger partial charge in [0.1, 0.15) is 24.2 Å². The molecule has 0 bridgehead atoms. The number of carboxylic acids is 1. The number of nitrogens with one attached hydrogen (secondary N) is 3. The number of aliphatic carboxylic acids is 1. The maximum atomic E-state index is 12.6. The largest absolute Gasteiger partial charge is 0.480 e. The summed E-state index contributed by atoms with van der Waals surface area (Å²) in [6, 6.07) is 3.63. The highest BCUT2D eigenvalue weighted by Crippen LogP contribution is 2.05. The molecule has 8 N–H and O–H groups in total. The molecule has 0 fully saturated rings. The molecule has 11 heteroatoms. The minimum atomic E-state index is -1.44. The predicted molar refractivity (Wildman–Crippen MR) is 111 cm³/mol. The van der Waals surface area contributed by atoms with E-state index in [9.17, 15) is 29.4 Å². The number of aliphatic hydroxyl groups is 2. The van der Waals surface area contributed by atoms with Crippen molar-refractivity contribution in [2.24, 2.45) is 11.7 Å². The number of carbonyl (C=O) groups excluding carboxylic acids is 3. The van der Waals surface area contributed by atoms with Crippen LogP contribution in [0.15, 0.2) is 30.3 Å². The summed E-state index contributed by atoms with van der Waals surface area (Å²) in [5, 5.41) is 34.9. The number of carbonyl (C=O) groups is 4. The van der Waals surface area contributed by atoms with Crippen molar-refractivity contribution < 1.29 is 34.5 Å². The molecule has 0 spiro atoms. The van der Waals surface area contributed by atoms with E-state index in [0.29, 0.717) is 5.56 Å². The molecule has 31 heavy (non-hydrogen) atoms. The molecule has 0 saturated carbocycles. The summed E-state index contributed by atoms with van der Waals surface area (Å²) in [4.78, 5) is 48.5. The quantitative estimate of drug-likeness (QED) is 0.190. The highest BCUT2D eigenvalue weighted by molar-refractivity contribution is 5.94. The van der Waals surface area contributed by atoms with E-state index in [-0.39, 0.29) is 6.42 Å². The molecule has 0 aliphatic heterocycles. The Bertz CT molecular complexity index is 757. The summed E-state index contributed by atoms with van der Waals surface area (Å²) in [7, 11) is 0. The third-order valence-corrected chi connectivity index (χ3v) is 4.49. The maximum Gasteiger partial charge on any atom is 0.326 e. The molecular formula is C20H30N4O7. The molecule has 0 heterocycles. The Labute approximate surface area is 180 Å². The van der Waals surface area contributed by atoms with Crippen molar-refractivity contribution in [1.82, 2.24) is 16.0 Å². The van der Waals surface area contributed by atoms with Crippen molar-refractivity contribution in [2.45, 2.75) is 44.4 Å². The summed E-state index contributed by atoms with van der Waals surface area (Å²) in [5.41, 5.74) is 6.12. The Kier molecular flexibility index (Phi) is 10.6. The second-order valence-electron chi connectivity index (χ2n) is 7.35. The summed E-state index contributed by atoms with van der Waals surface area (Å²) in [5.74, 6) is -4.08. The fraction of sp³-hybridized carbons (Fsp3) is 0.500. The van der Waals surface area contributed by atoms with Crippen LogP contribution in [0.3, 0.4) is 0 Å². The number of rotatable bonds is 12. The molecule has 0 aliphatic rings. The summed E-state index contributed by atoms with van der Waals surface area (Å²) < 4.78 is 0. The predicted octanol–water partition coefficient (Wildman–Crippen LogP) is -2.26. The normalized spacial score (nSPS) is 14.8. The highest BCUT2D eigenvalue weighted by atomic mass is 16.4. The first-order valence-corrected chi connectivity index (χ1v) is 9.75. The van der Waals surface area contributed by atoms with Crippen LogP contribution in [0.4, 0.5) is 0 Å². The van der Waals surface area contributed by atoms with E-state index in [0.717, 1.165) is 0 Å². The van der Waals surface area contributed by atoms with Crippen molar-refractivity contribution in [3.05, 3.63) is 35.9 Å². The van der Waals surface area contributed by atoms with Crippen LogP contribution in [0.1, 0.15) is 19.4 Å². The number of carboxylic acid groups (broad SMARTS) is 1. The molecule has 1 aromatic carbocycles. The van der Waals surface area contributed by atoms with Gasteiger partial charge in [0.05, 0.1) is 13.2 Å². The van der Waals surface area contributed by atoms with Crippen molar-refractivity contribution in [3.8, 4) is 0 Å². The van der Waals surface area contributed by atoms with Crippen molar-refractivity contribution in [2.75, 3.05) is 13.2 Å². The Hall–Kier alpha value is -3.02. The minimum absolute atomic E-state index is 0.0116. The molecule has 1 aromatic rings. The van der Waals surface area contributed by atoms with E-state index >= 15 is 0 Å². The fourth-order valence-electron chi connectivity index (χ4n) is 2.66. The van der Waals surface area contributed by atoms with Crippen LogP contribution < -0.4 is 21.7 Å². The SMILES string of the molecule is CC(C)C(NC(=O)C(N)CO)C(=O)NC(CO)C(=O)NC(Cc1ccccc1)C(=O)O. The second kappa shape index (κ2) is 12.6. The Morgan fingerprint density at radius 1 is 0.871 bits per heavy atom. The number of aliphatic hydroxyl groups excluding tert-OH is 2. The number of benzene rings is 1. The van der Waals surface area contributed by atoms with Gasteiger partial charge < -0.3 is 37.0 Å². The van der Waals surface area contributed by atoms with Crippen molar-refractivity contribution in [3.63, 3.8) is 0 Å². The van der Waals surface area contributed by atoms with Crippen molar-refractivity contribution in [1.29, 1.82) is 0 Å². The molecule has 3 amide bonds. The first-order chi connectivity index (χ1) is 14.6. The lowest BCUT2D eigenvalue weighted by atomic mass is 10.0. The first kappa shape index (κ1) is 26.0. The van der Waals surface area contributed by atoms with Gasteiger partial charge in [-0.2, -0.15) is 0 Å². The molecule has 1 rings (SSSR count). The zero-order valence-electron chi connectivity index (χ0n) is 17.4. The zero-order chi connectivity index (χ0) is 23.6. The summed E-state index contributed by atoms with van der Waals surface area (Å²) in [6.45, 7) is 1.88. The minimum Gasteiger partial charge on any atom is -0.480 e. The lowest BCUT2D eigenvalue weighted by Crippen LogP contribution is -2.59. The number of amides is 3. The number of nitrogens with two attached hydrogens (primary N) is 1. The van der Waals surface area contributed by atoms with Gasteiger partial charge in [0.15, 0.2) is 0 Å². The van der Waals surface area contributed by atoms with Crippen LogP contribution in [-0.2, 0) is 25.6 Å². The molecular weight excluding hydrogens is 408 g/mol. The second-order valence-corrected chi connectivity index (χ2v) is 7.35. The standard InChI is InChI=1S/C20H30N4O7/c1-11(2)16(24-17(27)13(21)9-25)19(29)23-15(10-26)18(28)22-14(20(30)31)8-12-6-4-3-5-7-12/h3-7,11,13-16,25-26H,8-10,21H2,1-2H3,(H,22,28)(H,23,29)(H,24,27)(H,30,31). The van der Waals surface area contributed by atoms with Gasteiger partial charge >= 0.3 is 5.97 Å². The van der Waals surface area contributed by atoms with E-state index in [1.165, 1.54) is 0 Å². The lowest BCUT2D eigenvalue weighted by molar-refractivity contribution is -0.142. The average molecular weight is 438 g/mol. The number of hydrogen-bond acceptors (Lipinski definition) is 7. The Morgan fingerprint density at radius 3 is 1.94 bits per heavy atom. The molecule has 0 radical (unpaired) electrons. The zero-order valence-corrected chi connectivity index (χ0v) is 17.4. The highest BCUT2D eigenvalue weighted by Gasteiger charge is 2.31. The van der Waals surface area contributed by atoms with Crippen LogP contribution in [0.5, 0.6) is 0 Å². The van der Waals surface area contributed by atoms with E-state index in [1.54, 1.807) is 44.2 Å². The molecule has 0 aliphatic carbocycles. The molecule has 4 atom stereocenters. The monoisotopic (exact) mass is 438 g/mol. The van der Waals surface area contributed by atoms with Gasteiger partial charge in [-0.05, 0) is 11.5 Å². The molecule has 172 valence electrons. The van der Waals surface area contributed by atoms with Gasteiger partial charge in [0, 0.05) is 6.42 Å². The van der Waals surface area contributed by atoms with E-state index in [2.05, 4.69) is 16.0 Å². The Morgan fingerprint density at radius 2 is 1.45 bits per heavy atom. The van der Waals surface area contributed by atoms with E-state index in [1.807, 2.05) is 0 Å². The molecule has 4 unspecified atom stereocenters. The molecule has 0 saturated heterocycles. The van der Waals surface area contributed by atoms with Crippen LogP contribution in [0.25, 0.3) is 0 Å². The first-order valence-electron chi connectivity index (χ1n) is 9.75. The van der Waals surface area contributed by atoms with Gasteiger partial charge in [-0.1, -0.05) is 44.2 Å². The maximum absolute atomic E-state index is 12.6. The molecule has 11 nitrogen and oxygen atoms in total. The van der Waals surface area contributed by atoms with Gasteiger partial charge in [-0.15, -0.1) is 0 Å². The smallest absolute Gasteiger partial charge is 0.326 e. The third kappa shape index (κ3) is 8.32. The summed E-state index contributed by atoms with van der Waals surface area (Å²) in [6.07, 6.45) is 0.0116. The third-order valence-electron chi connectivity index (χ3n) is 4.49. The van der Waals surface area contributed by atoms with Crippen molar-refractivity contribution >= 4 is 23.7 Å². The van der Waals surface area contributed by atoms with Crippen LogP contribution in [0.2, 0.25) is 0 Å². The Balaban J connectivity index is 2.83. The van der Waals surface area contributed by atoms with Crippen LogP contribution >= 0.6 is 0 Å². The van der Waals surface area contributed by atoms with Gasteiger partial charge in [-0.25, -0.2) is 4.79 Å². The fourth-order valence-corrected chi connectivity index (χ4v) is 2.66.